The Bertz CT molecular complexity index is 458. The molecule has 1 aliphatic carbocycles. The van der Waals surface area contributed by atoms with Gasteiger partial charge in [0.2, 0.25) is 0 Å². The minimum absolute atomic E-state index is 0.407. The Morgan fingerprint density at radius 1 is 1.33 bits per heavy atom. The fraction of sp³-hybridized carbons (Fsp3) is 0.462. The van der Waals surface area contributed by atoms with E-state index in [2.05, 4.69) is 5.32 Å². The molecule has 0 heterocycles. The molecule has 1 aromatic rings. The molecule has 0 aliphatic heterocycles. The summed E-state index contributed by atoms with van der Waals surface area (Å²) in [5, 5.41) is 11.3. The molecular formula is C13H13F3N2. The molecule has 0 aromatic heterocycles. The van der Waals surface area contributed by atoms with Crippen LogP contribution >= 0.6 is 0 Å². The number of alkyl halides is 3. The van der Waals surface area contributed by atoms with Crippen molar-refractivity contribution in [3.05, 3.63) is 35.4 Å². The van der Waals surface area contributed by atoms with Crippen molar-refractivity contribution in [1.29, 1.82) is 5.26 Å². The third-order valence-corrected chi connectivity index (χ3v) is 2.96. The standard InChI is InChI=1S/C13H13F3N2/c14-13(15,16)8-18-12(7-17)11-4-2-1-3-10(11)9-5-6-9/h1-4,9,12,18H,5-6,8H2. The fourth-order valence-electron chi connectivity index (χ4n) is 1.98. The third-order valence-electron chi connectivity index (χ3n) is 2.96. The highest BCUT2D eigenvalue weighted by Gasteiger charge is 2.31. The van der Waals surface area contributed by atoms with E-state index in [1.54, 1.807) is 12.1 Å². The summed E-state index contributed by atoms with van der Waals surface area (Å²) in [6, 6.07) is 8.23. The quantitative estimate of drug-likeness (QED) is 0.895. The Hall–Kier alpha value is -1.54. The number of benzene rings is 1. The highest BCUT2D eigenvalue weighted by molar-refractivity contribution is 5.38. The fourth-order valence-corrected chi connectivity index (χ4v) is 1.98. The van der Waals surface area contributed by atoms with Crippen LogP contribution in [0, 0.1) is 11.3 Å². The zero-order valence-electron chi connectivity index (χ0n) is 9.67. The van der Waals surface area contributed by atoms with Gasteiger partial charge in [-0.1, -0.05) is 24.3 Å². The average molecular weight is 254 g/mol. The van der Waals surface area contributed by atoms with E-state index in [1.807, 2.05) is 18.2 Å². The zero-order chi connectivity index (χ0) is 13.2. The number of nitrogens with zero attached hydrogens (tertiary/aromatic N) is 1. The number of rotatable bonds is 4. The molecule has 0 radical (unpaired) electrons. The van der Waals surface area contributed by atoms with Crippen molar-refractivity contribution in [2.24, 2.45) is 0 Å². The molecule has 96 valence electrons. The summed E-state index contributed by atoms with van der Waals surface area (Å²) in [6.07, 6.45) is -2.20. The number of hydrogen-bond acceptors (Lipinski definition) is 2. The van der Waals surface area contributed by atoms with Gasteiger partial charge in [0, 0.05) is 0 Å². The maximum Gasteiger partial charge on any atom is 0.401 e. The van der Waals surface area contributed by atoms with E-state index in [9.17, 15) is 13.2 Å². The molecule has 2 rings (SSSR count). The Kier molecular flexibility index (Phi) is 3.58. The summed E-state index contributed by atoms with van der Waals surface area (Å²) >= 11 is 0. The van der Waals surface area contributed by atoms with Gasteiger partial charge < -0.3 is 0 Å². The summed E-state index contributed by atoms with van der Waals surface area (Å²) in [7, 11) is 0. The van der Waals surface area contributed by atoms with Crippen molar-refractivity contribution < 1.29 is 13.2 Å². The first-order valence-corrected chi connectivity index (χ1v) is 5.80. The minimum atomic E-state index is -4.30. The van der Waals surface area contributed by atoms with Crippen molar-refractivity contribution >= 4 is 0 Å². The van der Waals surface area contributed by atoms with E-state index in [-0.39, 0.29) is 0 Å². The molecule has 5 heteroatoms. The van der Waals surface area contributed by atoms with Crippen molar-refractivity contribution in [3.8, 4) is 6.07 Å². The lowest BCUT2D eigenvalue weighted by Gasteiger charge is -2.16. The van der Waals surface area contributed by atoms with Crippen LogP contribution in [0.3, 0.4) is 0 Å². The average Bonchev–Trinajstić information content (AvgIpc) is 3.13. The van der Waals surface area contributed by atoms with Gasteiger partial charge in [0.15, 0.2) is 0 Å². The lowest BCUT2D eigenvalue weighted by atomic mass is 9.98. The Morgan fingerprint density at radius 3 is 2.56 bits per heavy atom. The molecule has 0 saturated heterocycles. The van der Waals surface area contributed by atoms with E-state index >= 15 is 0 Å². The van der Waals surface area contributed by atoms with E-state index in [0.29, 0.717) is 11.5 Å². The van der Waals surface area contributed by atoms with Gasteiger partial charge in [-0.15, -0.1) is 0 Å². The number of hydrogen-bond donors (Lipinski definition) is 1. The normalized spacial score (nSPS) is 17.2. The monoisotopic (exact) mass is 254 g/mol. The van der Waals surface area contributed by atoms with Crippen LogP contribution in [0.5, 0.6) is 0 Å². The molecule has 1 unspecified atom stereocenters. The first-order chi connectivity index (χ1) is 8.51. The predicted molar refractivity (Wildman–Crippen MR) is 60.8 cm³/mol. The maximum atomic E-state index is 12.2. The topological polar surface area (TPSA) is 35.8 Å². The van der Waals surface area contributed by atoms with Crippen molar-refractivity contribution in [1.82, 2.24) is 5.32 Å². The van der Waals surface area contributed by atoms with E-state index < -0.39 is 18.8 Å². The molecule has 0 spiro atoms. The van der Waals surface area contributed by atoms with E-state index in [1.165, 1.54) is 0 Å². The lowest BCUT2D eigenvalue weighted by Crippen LogP contribution is -2.31. The van der Waals surface area contributed by atoms with Crippen molar-refractivity contribution in [3.63, 3.8) is 0 Å². The largest absolute Gasteiger partial charge is 0.401 e. The van der Waals surface area contributed by atoms with Gasteiger partial charge in [0.25, 0.3) is 0 Å². The summed E-state index contributed by atoms with van der Waals surface area (Å²) in [5.74, 6) is 0.407. The molecule has 2 nitrogen and oxygen atoms in total. The van der Waals surface area contributed by atoms with Crippen LogP contribution in [0.15, 0.2) is 24.3 Å². The summed E-state index contributed by atoms with van der Waals surface area (Å²) in [6.45, 7) is -1.15. The van der Waals surface area contributed by atoms with Crippen LogP contribution in [0.25, 0.3) is 0 Å². The van der Waals surface area contributed by atoms with Gasteiger partial charge in [-0.25, -0.2) is 0 Å². The molecule has 1 aliphatic rings. The van der Waals surface area contributed by atoms with Crippen molar-refractivity contribution in [2.45, 2.75) is 31.0 Å². The van der Waals surface area contributed by atoms with Gasteiger partial charge in [-0.2, -0.15) is 18.4 Å². The Labute approximate surface area is 103 Å². The van der Waals surface area contributed by atoms with Crippen LogP contribution in [0.4, 0.5) is 13.2 Å². The van der Waals surface area contributed by atoms with Crippen LogP contribution in [-0.4, -0.2) is 12.7 Å². The molecule has 1 fully saturated rings. The molecule has 0 bridgehead atoms. The molecule has 18 heavy (non-hydrogen) atoms. The minimum Gasteiger partial charge on any atom is -0.290 e. The van der Waals surface area contributed by atoms with E-state index in [4.69, 9.17) is 5.26 Å². The number of nitrogens with one attached hydrogen (secondary N) is 1. The zero-order valence-corrected chi connectivity index (χ0v) is 9.67. The highest BCUT2D eigenvalue weighted by Crippen LogP contribution is 2.42. The van der Waals surface area contributed by atoms with Gasteiger partial charge in [0.05, 0.1) is 12.6 Å². The first kappa shape index (κ1) is 12.9. The van der Waals surface area contributed by atoms with Gasteiger partial charge in [-0.05, 0) is 29.9 Å². The first-order valence-electron chi connectivity index (χ1n) is 5.80. The summed E-state index contributed by atoms with van der Waals surface area (Å²) < 4.78 is 36.5. The van der Waals surface area contributed by atoms with Crippen LogP contribution < -0.4 is 5.32 Å². The molecular weight excluding hydrogens is 241 g/mol. The number of halogens is 3. The van der Waals surface area contributed by atoms with Gasteiger partial charge >= 0.3 is 6.18 Å². The van der Waals surface area contributed by atoms with Gasteiger partial charge in [-0.3, -0.25) is 5.32 Å². The number of nitriles is 1. The lowest BCUT2D eigenvalue weighted by molar-refractivity contribution is -0.125. The van der Waals surface area contributed by atoms with E-state index in [0.717, 1.165) is 18.4 Å². The van der Waals surface area contributed by atoms with Gasteiger partial charge in [0.1, 0.15) is 6.04 Å². The third kappa shape index (κ3) is 3.23. The summed E-state index contributed by atoms with van der Waals surface area (Å²) in [4.78, 5) is 0. The summed E-state index contributed by atoms with van der Waals surface area (Å²) in [5.41, 5.74) is 1.67. The second kappa shape index (κ2) is 4.99. The maximum absolute atomic E-state index is 12.2. The molecule has 1 atom stereocenters. The smallest absolute Gasteiger partial charge is 0.290 e. The Morgan fingerprint density at radius 2 is 2.00 bits per heavy atom. The second-order valence-electron chi connectivity index (χ2n) is 4.46. The van der Waals surface area contributed by atoms with Crippen LogP contribution in [0.2, 0.25) is 0 Å². The SMILES string of the molecule is N#CC(NCC(F)(F)F)c1ccccc1C1CC1. The Balaban J connectivity index is 2.15. The highest BCUT2D eigenvalue weighted by atomic mass is 19.4. The van der Waals surface area contributed by atoms with Crippen LogP contribution in [-0.2, 0) is 0 Å². The molecule has 1 N–H and O–H groups in total. The molecule has 1 aromatic carbocycles. The van der Waals surface area contributed by atoms with Crippen molar-refractivity contribution in [2.75, 3.05) is 6.54 Å². The predicted octanol–water partition coefficient (Wildman–Crippen LogP) is 3.28. The second-order valence-corrected chi connectivity index (χ2v) is 4.46. The molecule has 1 saturated carbocycles. The molecule has 0 amide bonds. The van der Waals surface area contributed by atoms with Crippen LogP contribution in [0.1, 0.15) is 35.9 Å².